The molecule has 4 aromatic rings. The number of pyridine rings is 2. The highest BCUT2D eigenvalue weighted by Gasteiger charge is 2.09. The Kier molecular flexibility index (Phi) is 11.4. The molecule has 0 spiro atoms. The maximum atomic E-state index is 10.4. The highest BCUT2D eigenvalue weighted by molar-refractivity contribution is 9.10. The lowest BCUT2D eigenvalue weighted by Crippen LogP contribution is -2.29. The molecular weight excluding hydrogens is 578 g/mol. The van der Waals surface area contributed by atoms with E-state index >= 15 is 0 Å². The van der Waals surface area contributed by atoms with Crippen LogP contribution >= 0.6 is 39.1 Å². The van der Waals surface area contributed by atoms with Gasteiger partial charge in [-0.05, 0) is 57.8 Å². The second-order valence-electron chi connectivity index (χ2n) is 6.69. The van der Waals surface area contributed by atoms with Gasteiger partial charge in [-0.3, -0.25) is 20.2 Å². The number of nitro groups is 2. The van der Waals surface area contributed by atoms with Crippen LogP contribution in [0.3, 0.4) is 0 Å². The standard InChI is InChI=1S/C11H7ClN2O2.C6H6BClO2.C5H3BrN2O2/c12-9-3-1-8(2-4-9)11-6-5-10(7-13-11)14(15)16;8-6-3-1-5(2-4-6)7(9)10;6-5-2-1-4(3-7-5)8(9)10/h1-7H;1-4,9-10H;1-3H. The van der Waals surface area contributed by atoms with Crippen molar-refractivity contribution in [1.29, 1.82) is 0 Å². The third kappa shape index (κ3) is 9.68. The van der Waals surface area contributed by atoms with E-state index < -0.39 is 17.0 Å². The fraction of sp³-hybridized carbons (Fsp3) is 0. The quantitative estimate of drug-likeness (QED) is 0.144. The van der Waals surface area contributed by atoms with Crippen molar-refractivity contribution in [3.8, 4) is 11.3 Å². The Balaban J connectivity index is 0.000000200. The first-order valence-corrected chi connectivity index (χ1v) is 11.4. The van der Waals surface area contributed by atoms with Crippen LogP contribution in [0.25, 0.3) is 11.3 Å². The Hall–Kier alpha value is -3.42. The van der Waals surface area contributed by atoms with Crippen molar-refractivity contribution in [1.82, 2.24) is 9.97 Å². The molecule has 0 radical (unpaired) electrons. The molecule has 2 heterocycles. The summed E-state index contributed by atoms with van der Waals surface area (Å²) in [5.74, 6) is 0. The van der Waals surface area contributed by atoms with Gasteiger partial charge >= 0.3 is 7.12 Å². The minimum absolute atomic E-state index is 0.00296. The van der Waals surface area contributed by atoms with Crippen LogP contribution in [0, 0.1) is 20.2 Å². The first-order valence-electron chi connectivity index (χ1n) is 9.80. The highest BCUT2D eigenvalue weighted by atomic mass is 79.9. The second kappa shape index (κ2) is 14.2. The molecule has 0 bridgehead atoms. The van der Waals surface area contributed by atoms with Crippen molar-refractivity contribution in [2.45, 2.75) is 0 Å². The smallest absolute Gasteiger partial charge is 0.423 e. The van der Waals surface area contributed by atoms with Crippen molar-refractivity contribution < 1.29 is 19.9 Å². The zero-order valence-electron chi connectivity index (χ0n) is 18.1. The van der Waals surface area contributed by atoms with Crippen molar-refractivity contribution in [2.75, 3.05) is 0 Å². The Bertz CT molecular complexity index is 1280. The summed E-state index contributed by atoms with van der Waals surface area (Å²) < 4.78 is 0.595. The fourth-order valence-electron chi connectivity index (χ4n) is 2.40. The van der Waals surface area contributed by atoms with Crippen LogP contribution in [0.5, 0.6) is 0 Å². The normalized spacial score (nSPS) is 9.69. The largest absolute Gasteiger partial charge is 0.488 e. The van der Waals surface area contributed by atoms with Gasteiger partial charge in [0.25, 0.3) is 11.4 Å². The lowest BCUT2D eigenvalue weighted by molar-refractivity contribution is -0.385. The molecule has 0 aliphatic carbocycles. The molecule has 4 rings (SSSR count). The minimum Gasteiger partial charge on any atom is -0.423 e. The van der Waals surface area contributed by atoms with Crippen molar-refractivity contribution in [2.24, 2.45) is 0 Å². The van der Waals surface area contributed by atoms with E-state index in [-0.39, 0.29) is 11.4 Å². The van der Waals surface area contributed by atoms with Crippen molar-refractivity contribution >= 4 is 63.1 Å². The van der Waals surface area contributed by atoms with Gasteiger partial charge in [0, 0.05) is 27.7 Å². The Morgan fingerprint density at radius 2 is 1.19 bits per heavy atom. The van der Waals surface area contributed by atoms with Crippen molar-refractivity contribution in [3.63, 3.8) is 0 Å². The van der Waals surface area contributed by atoms with E-state index in [1.165, 1.54) is 30.6 Å². The average Bonchev–Trinajstić information content (AvgIpc) is 2.86. The van der Waals surface area contributed by atoms with Crippen LogP contribution in [0.2, 0.25) is 10.0 Å². The summed E-state index contributed by atoms with van der Waals surface area (Å²) in [6.45, 7) is 0. The summed E-state index contributed by atoms with van der Waals surface area (Å²) in [5, 5.41) is 39.0. The minimum atomic E-state index is -1.41. The molecule has 2 N–H and O–H groups in total. The molecule has 0 aliphatic rings. The van der Waals surface area contributed by atoms with Crippen LogP contribution in [-0.2, 0) is 0 Å². The van der Waals surface area contributed by atoms with E-state index in [9.17, 15) is 20.2 Å². The molecule has 0 atom stereocenters. The van der Waals surface area contributed by atoms with Gasteiger partial charge in [-0.1, -0.05) is 47.5 Å². The molecule has 14 heteroatoms. The number of hydrogen-bond acceptors (Lipinski definition) is 8. The van der Waals surface area contributed by atoms with Gasteiger partial charge in [-0.2, -0.15) is 0 Å². The van der Waals surface area contributed by atoms with E-state index in [2.05, 4.69) is 25.9 Å². The zero-order chi connectivity index (χ0) is 26.7. The van der Waals surface area contributed by atoms with E-state index in [1.54, 1.807) is 42.5 Å². The summed E-state index contributed by atoms with van der Waals surface area (Å²) >= 11 is 14.4. The SMILES string of the molecule is O=[N+]([O-])c1ccc(-c2ccc(Cl)cc2)nc1.O=[N+]([O-])c1ccc(Br)nc1.OB(O)c1ccc(Cl)cc1. The number of hydrogen-bond donors (Lipinski definition) is 2. The Morgan fingerprint density at radius 3 is 1.58 bits per heavy atom. The van der Waals surface area contributed by atoms with Crippen LogP contribution in [-0.4, -0.2) is 37.0 Å². The molecule has 0 fully saturated rings. The number of nitrogens with zero attached hydrogens (tertiary/aromatic N) is 4. The lowest BCUT2D eigenvalue weighted by atomic mass is 9.81. The molecule has 36 heavy (non-hydrogen) atoms. The Morgan fingerprint density at radius 1 is 0.722 bits per heavy atom. The number of benzene rings is 2. The molecule has 0 saturated heterocycles. The summed E-state index contributed by atoms with van der Waals surface area (Å²) in [7, 11) is -1.41. The summed E-state index contributed by atoms with van der Waals surface area (Å²) in [6, 6.07) is 19.4. The zero-order valence-corrected chi connectivity index (χ0v) is 21.2. The third-order valence-electron chi connectivity index (χ3n) is 4.19. The van der Waals surface area contributed by atoms with E-state index in [1.807, 2.05) is 12.1 Å². The monoisotopic (exact) mass is 592 g/mol. The molecule has 2 aromatic carbocycles. The number of aromatic nitrogens is 2. The topological polar surface area (TPSA) is 153 Å². The predicted octanol–water partition coefficient (Wildman–Crippen LogP) is 5.08. The molecule has 0 aliphatic heterocycles. The second-order valence-corrected chi connectivity index (χ2v) is 8.37. The third-order valence-corrected chi connectivity index (χ3v) is 5.16. The van der Waals surface area contributed by atoms with Gasteiger partial charge < -0.3 is 10.0 Å². The van der Waals surface area contributed by atoms with Gasteiger partial charge in [-0.15, -0.1) is 0 Å². The maximum Gasteiger partial charge on any atom is 0.488 e. The van der Waals surface area contributed by atoms with Crippen LogP contribution in [0.15, 0.2) is 89.8 Å². The number of halogens is 3. The summed E-state index contributed by atoms with van der Waals surface area (Å²) in [5.41, 5.74) is 1.99. The van der Waals surface area contributed by atoms with Gasteiger partial charge in [-0.25, -0.2) is 9.97 Å². The van der Waals surface area contributed by atoms with Crippen LogP contribution < -0.4 is 5.46 Å². The molecule has 10 nitrogen and oxygen atoms in total. The van der Waals surface area contributed by atoms with E-state index in [0.29, 0.717) is 25.8 Å². The summed E-state index contributed by atoms with van der Waals surface area (Å²) in [6.07, 6.45) is 2.44. The molecular formula is C22H16BBrCl2N4O6. The van der Waals surface area contributed by atoms with Gasteiger partial charge in [0.2, 0.25) is 0 Å². The number of rotatable bonds is 4. The molecule has 0 unspecified atom stereocenters. The molecule has 0 saturated carbocycles. The Labute approximate surface area is 223 Å². The van der Waals surface area contributed by atoms with Gasteiger partial charge in [0.05, 0.1) is 15.5 Å². The average molecular weight is 594 g/mol. The van der Waals surface area contributed by atoms with Crippen LogP contribution in [0.4, 0.5) is 11.4 Å². The van der Waals surface area contributed by atoms with Gasteiger partial charge in [0.1, 0.15) is 17.0 Å². The van der Waals surface area contributed by atoms with Crippen LogP contribution in [0.1, 0.15) is 0 Å². The fourth-order valence-corrected chi connectivity index (χ4v) is 2.88. The van der Waals surface area contributed by atoms with Gasteiger partial charge in [0.15, 0.2) is 0 Å². The van der Waals surface area contributed by atoms with E-state index in [4.69, 9.17) is 33.2 Å². The first-order chi connectivity index (χ1) is 17.1. The first kappa shape index (κ1) is 28.8. The molecule has 2 aromatic heterocycles. The molecule has 184 valence electrons. The molecule has 0 amide bonds. The maximum absolute atomic E-state index is 10.4. The summed E-state index contributed by atoms with van der Waals surface area (Å²) in [4.78, 5) is 27.2. The highest BCUT2D eigenvalue weighted by Crippen LogP contribution is 2.21. The van der Waals surface area contributed by atoms with Crippen molar-refractivity contribution in [3.05, 3.63) is 120 Å². The van der Waals surface area contributed by atoms with E-state index in [0.717, 1.165) is 5.56 Å². The predicted molar refractivity (Wildman–Crippen MR) is 141 cm³/mol. The lowest BCUT2D eigenvalue weighted by Gasteiger charge is -1.99.